The van der Waals surface area contributed by atoms with Crippen LogP contribution in [0.2, 0.25) is 0 Å². The zero-order chi connectivity index (χ0) is 13.7. The fourth-order valence-electron chi connectivity index (χ4n) is 1.83. The van der Waals surface area contributed by atoms with Crippen LogP contribution in [-0.4, -0.2) is 5.91 Å². The molecule has 0 aliphatic heterocycles. The summed E-state index contributed by atoms with van der Waals surface area (Å²) in [6.07, 6.45) is 1.21. The van der Waals surface area contributed by atoms with Crippen molar-refractivity contribution in [3.63, 3.8) is 0 Å². The van der Waals surface area contributed by atoms with Crippen molar-refractivity contribution in [1.82, 2.24) is 0 Å². The van der Waals surface area contributed by atoms with Crippen molar-refractivity contribution >= 4 is 24.2 Å². The maximum atomic E-state index is 11.8. The molecule has 0 fully saturated rings. The summed E-state index contributed by atoms with van der Waals surface area (Å²) >= 11 is 4.29. The summed E-state index contributed by atoms with van der Waals surface area (Å²) in [5.41, 5.74) is 3.16. The molecule has 0 atom stereocenters. The molecule has 0 unspecified atom stereocenters. The van der Waals surface area contributed by atoms with Crippen molar-refractivity contribution in [2.24, 2.45) is 0 Å². The molecule has 1 N–H and O–H groups in total. The van der Waals surface area contributed by atoms with Gasteiger partial charge in [-0.1, -0.05) is 29.8 Å². The number of thiol groups is 1. The zero-order valence-electron chi connectivity index (χ0n) is 10.9. The van der Waals surface area contributed by atoms with Crippen molar-refractivity contribution in [1.29, 1.82) is 0 Å². The van der Waals surface area contributed by atoms with Gasteiger partial charge < -0.3 is 5.32 Å². The highest BCUT2D eigenvalue weighted by atomic mass is 32.1. The van der Waals surface area contributed by atoms with E-state index in [1.165, 1.54) is 5.56 Å². The molecule has 98 valence electrons. The normalized spacial score (nSPS) is 10.2. The fourth-order valence-corrected chi connectivity index (χ4v) is 2.08. The Morgan fingerprint density at radius 3 is 2.58 bits per heavy atom. The summed E-state index contributed by atoms with van der Waals surface area (Å²) in [4.78, 5) is 12.8. The van der Waals surface area contributed by atoms with Gasteiger partial charge in [0.15, 0.2) is 0 Å². The monoisotopic (exact) mass is 271 g/mol. The Balaban J connectivity index is 1.86. The Hall–Kier alpha value is -1.74. The lowest BCUT2D eigenvalue weighted by atomic mass is 10.1. The smallest absolute Gasteiger partial charge is 0.224 e. The molecule has 0 aromatic heterocycles. The summed E-state index contributed by atoms with van der Waals surface area (Å²) in [6, 6.07) is 15.7. The first-order valence-electron chi connectivity index (χ1n) is 6.28. The van der Waals surface area contributed by atoms with Gasteiger partial charge in [0.2, 0.25) is 5.91 Å². The van der Waals surface area contributed by atoms with Gasteiger partial charge in [0.1, 0.15) is 0 Å². The SMILES string of the molecule is Cc1ccc(NC(=O)CCc2cccc(S)c2)cc1. The van der Waals surface area contributed by atoms with Crippen LogP contribution in [-0.2, 0) is 11.2 Å². The fraction of sp³-hybridized carbons (Fsp3) is 0.188. The molecule has 19 heavy (non-hydrogen) atoms. The predicted octanol–water partition coefficient (Wildman–Crippen LogP) is 3.86. The van der Waals surface area contributed by atoms with Crippen LogP contribution in [0.15, 0.2) is 53.4 Å². The van der Waals surface area contributed by atoms with Crippen LogP contribution < -0.4 is 5.32 Å². The minimum absolute atomic E-state index is 0.0356. The van der Waals surface area contributed by atoms with E-state index < -0.39 is 0 Å². The van der Waals surface area contributed by atoms with Gasteiger partial charge in [-0.2, -0.15) is 0 Å². The summed E-state index contributed by atoms with van der Waals surface area (Å²) in [7, 11) is 0. The number of rotatable bonds is 4. The summed E-state index contributed by atoms with van der Waals surface area (Å²) < 4.78 is 0. The van der Waals surface area contributed by atoms with Gasteiger partial charge in [-0.25, -0.2) is 0 Å². The van der Waals surface area contributed by atoms with Gasteiger partial charge in [0.05, 0.1) is 0 Å². The van der Waals surface area contributed by atoms with E-state index in [2.05, 4.69) is 17.9 Å². The maximum absolute atomic E-state index is 11.8. The molecular weight excluding hydrogens is 254 g/mol. The number of benzene rings is 2. The number of hydrogen-bond acceptors (Lipinski definition) is 2. The van der Waals surface area contributed by atoms with Gasteiger partial charge in [-0.05, 0) is 43.2 Å². The van der Waals surface area contributed by atoms with Crippen LogP contribution in [0.1, 0.15) is 17.5 Å². The lowest BCUT2D eigenvalue weighted by Gasteiger charge is -2.06. The van der Waals surface area contributed by atoms with Crippen molar-refractivity contribution < 1.29 is 4.79 Å². The number of carbonyl (C=O) groups is 1. The third kappa shape index (κ3) is 4.45. The molecule has 0 aliphatic rings. The average Bonchev–Trinajstić information content (AvgIpc) is 2.39. The highest BCUT2D eigenvalue weighted by Gasteiger charge is 2.03. The Morgan fingerprint density at radius 1 is 1.16 bits per heavy atom. The van der Waals surface area contributed by atoms with Crippen LogP contribution >= 0.6 is 12.6 Å². The summed E-state index contributed by atoms with van der Waals surface area (Å²) in [5.74, 6) is 0.0356. The van der Waals surface area contributed by atoms with Crippen molar-refractivity contribution in [3.05, 3.63) is 59.7 Å². The van der Waals surface area contributed by atoms with Crippen LogP contribution in [0.4, 0.5) is 5.69 Å². The number of hydrogen-bond donors (Lipinski definition) is 2. The number of amides is 1. The minimum Gasteiger partial charge on any atom is -0.326 e. The summed E-state index contributed by atoms with van der Waals surface area (Å²) in [5, 5.41) is 2.90. The third-order valence-electron chi connectivity index (χ3n) is 2.89. The third-order valence-corrected chi connectivity index (χ3v) is 3.16. The highest BCUT2D eigenvalue weighted by molar-refractivity contribution is 7.80. The highest BCUT2D eigenvalue weighted by Crippen LogP contribution is 2.12. The van der Waals surface area contributed by atoms with Crippen LogP contribution in [0.5, 0.6) is 0 Å². The summed E-state index contributed by atoms with van der Waals surface area (Å²) in [6.45, 7) is 2.02. The lowest BCUT2D eigenvalue weighted by molar-refractivity contribution is -0.116. The molecule has 0 heterocycles. The Labute approximate surface area is 119 Å². The van der Waals surface area contributed by atoms with E-state index in [-0.39, 0.29) is 5.91 Å². The molecule has 0 aliphatic carbocycles. The number of aryl methyl sites for hydroxylation is 2. The Morgan fingerprint density at radius 2 is 1.89 bits per heavy atom. The van der Waals surface area contributed by atoms with Crippen molar-refractivity contribution in [2.75, 3.05) is 5.32 Å². The minimum atomic E-state index is 0.0356. The molecule has 0 spiro atoms. The van der Waals surface area contributed by atoms with Gasteiger partial charge in [-0.15, -0.1) is 12.6 Å². The van der Waals surface area contributed by atoms with Crippen molar-refractivity contribution in [2.45, 2.75) is 24.7 Å². The topological polar surface area (TPSA) is 29.1 Å². The maximum Gasteiger partial charge on any atom is 0.224 e. The number of nitrogens with one attached hydrogen (secondary N) is 1. The number of anilines is 1. The average molecular weight is 271 g/mol. The van der Waals surface area contributed by atoms with Crippen LogP contribution in [0.3, 0.4) is 0 Å². The van der Waals surface area contributed by atoms with E-state index in [4.69, 9.17) is 0 Å². The Kier molecular flexibility index (Phi) is 4.63. The van der Waals surface area contributed by atoms with E-state index in [1.807, 2.05) is 55.5 Å². The Bertz CT molecular complexity index is 563. The predicted molar refractivity (Wildman–Crippen MR) is 81.8 cm³/mol. The molecule has 2 aromatic rings. The second kappa shape index (κ2) is 6.43. The molecule has 0 saturated carbocycles. The zero-order valence-corrected chi connectivity index (χ0v) is 11.8. The molecule has 2 nitrogen and oxygen atoms in total. The van der Waals surface area contributed by atoms with Gasteiger partial charge in [0.25, 0.3) is 0 Å². The molecule has 2 aromatic carbocycles. The van der Waals surface area contributed by atoms with Crippen LogP contribution in [0, 0.1) is 6.92 Å². The molecule has 1 amide bonds. The largest absolute Gasteiger partial charge is 0.326 e. The van der Waals surface area contributed by atoms with E-state index in [1.54, 1.807) is 0 Å². The van der Waals surface area contributed by atoms with Gasteiger partial charge in [0, 0.05) is 17.0 Å². The molecule has 0 bridgehead atoms. The van der Waals surface area contributed by atoms with Crippen molar-refractivity contribution in [3.8, 4) is 0 Å². The second-order valence-corrected chi connectivity index (χ2v) is 5.10. The first-order chi connectivity index (χ1) is 9.13. The second-order valence-electron chi connectivity index (χ2n) is 4.58. The first kappa shape index (κ1) is 13.7. The molecule has 0 radical (unpaired) electrons. The van der Waals surface area contributed by atoms with Gasteiger partial charge in [-0.3, -0.25) is 4.79 Å². The molecule has 0 saturated heterocycles. The first-order valence-corrected chi connectivity index (χ1v) is 6.72. The van der Waals surface area contributed by atoms with E-state index in [0.717, 1.165) is 22.6 Å². The van der Waals surface area contributed by atoms with E-state index >= 15 is 0 Å². The molecule has 3 heteroatoms. The molecule has 2 rings (SSSR count). The van der Waals surface area contributed by atoms with E-state index in [0.29, 0.717) is 6.42 Å². The lowest BCUT2D eigenvalue weighted by Crippen LogP contribution is -2.12. The van der Waals surface area contributed by atoms with Gasteiger partial charge >= 0.3 is 0 Å². The van der Waals surface area contributed by atoms with Crippen LogP contribution in [0.25, 0.3) is 0 Å². The number of carbonyl (C=O) groups excluding carboxylic acids is 1. The van der Waals surface area contributed by atoms with E-state index in [9.17, 15) is 4.79 Å². The standard InChI is InChI=1S/C16H17NOS/c1-12-5-8-14(9-6-12)17-16(18)10-7-13-3-2-4-15(19)11-13/h2-6,8-9,11,19H,7,10H2,1H3,(H,17,18). The quantitative estimate of drug-likeness (QED) is 0.812. The molecular formula is C16H17NOS.